The molecule has 0 saturated heterocycles. The molecule has 1 aliphatic rings. The van der Waals surface area contributed by atoms with Crippen molar-refractivity contribution in [3.63, 3.8) is 0 Å². The second-order valence-corrected chi connectivity index (χ2v) is 6.40. The summed E-state index contributed by atoms with van der Waals surface area (Å²) in [4.78, 5) is 0. The first kappa shape index (κ1) is 14.4. The highest BCUT2D eigenvalue weighted by atomic mass is 16.5. The summed E-state index contributed by atoms with van der Waals surface area (Å²) >= 11 is 0. The van der Waals surface area contributed by atoms with Crippen LogP contribution in [0.5, 0.6) is 5.75 Å². The van der Waals surface area contributed by atoms with Crippen LogP contribution < -0.4 is 10.1 Å². The molecule has 0 aliphatic heterocycles. The Labute approximate surface area is 117 Å². The van der Waals surface area contributed by atoms with Gasteiger partial charge in [0.25, 0.3) is 0 Å². The first-order valence-electron chi connectivity index (χ1n) is 7.54. The SMILES string of the molecule is CCOc1cccc(CNC2CCC(C)(C)CC2)c1. The van der Waals surface area contributed by atoms with Gasteiger partial charge in [0.1, 0.15) is 5.75 Å². The Kier molecular flexibility index (Phi) is 4.87. The van der Waals surface area contributed by atoms with E-state index in [2.05, 4.69) is 37.4 Å². The maximum absolute atomic E-state index is 5.54. The molecular formula is C17H27NO. The van der Waals surface area contributed by atoms with E-state index in [4.69, 9.17) is 4.74 Å². The summed E-state index contributed by atoms with van der Waals surface area (Å²) in [6, 6.07) is 9.09. The first-order valence-corrected chi connectivity index (χ1v) is 7.54. The van der Waals surface area contributed by atoms with Crippen LogP contribution >= 0.6 is 0 Å². The van der Waals surface area contributed by atoms with Crippen LogP contribution in [-0.2, 0) is 6.54 Å². The molecule has 2 heteroatoms. The largest absolute Gasteiger partial charge is 0.494 e. The van der Waals surface area contributed by atoms with Gasteiger partial charge in [-0.3, -0.25) is 0 Å². The number of hydrogen-bond acceptors (Lipinski definition) is 2. The summed E-state index contributed by atoms with van der Waals surface area (Å²) in [7, 11) is 0. The van der Waals surface area contributed by atoms with E-state index in [1.807, 2.05) is 13.0 Å². The molecular weight excluding hydrogens is 234 g/mol. The van der Waals surface area contributed by atoms with Gasteiger partial charge in [0.15, 0.2) is 0 Å². The van der Waals surface area contributed by atoms with Crippen molar-refractivity contribution in [2.45, 2.75) is 59.0 Å². The Hall–Kier alpha value is -1.02. The van der Waals surface area contributed by atoms with E-state index in [9.17, 15) is 0 Å². The molecule has 0 bridgehead atoms. The van der Waals surface area contributed by atoms with E-state index < -0.39 is 0 Å². The second kappa shape index (κ2) is 6.42. The summed E-state index contributed by atoms with van der Waals surface area (Å²) < 4.78 is 5.54. The lowest BCUT2D eigenvalue weighted by atomic mass is 9.75. The van der Waals surface area contributed by atoms with Gasteiger partial charge >= 0.3 is 0 Å². The van der Waals surface area contributed by atoms with E-state index in [1.54, 1.807) is 0 Å². The molecule has 2 nitrogen and oxygen atoms in total. The summed E-state index contributed by atoms with van der Waals surface area (Å²) in [6.45, 7) is 8.47. The number of nitrogens with one attached hydrogen (secondary N) is 1. The van der Waals surface area contributed by atoms with Crippen LogP contribution in [0.15, 0.2) is 24.3 Å². The van der Waals surface area contributed by atoms with Gasteiger partial charge in [-0.2, -0.15) is 0 Å². The Bertz CT molecular complexity index is 390. The summed E-state index contributed by atoms with van der Waals surface area (Å²) in [5, 5.41) is 3.69. The van der Waals surface area contributed by atoms with Gasteiger partial charge in [-0.1, -0.05) is 26.0 Å². The van der Waals surface area contributed by atoms with Crippen LogP contribution in [-0.4, -0.2) is 12.6 Å². The predicted octanol–water partition coefficient (Wildman–Crippen LogP) is 4.14. The lowest BCUT2D eigenvalue weighted by Gasteiger charge is -2.34. The third-order valence-corrected chi connectivity index (χ3v) is 4.14. The fourth-order valence-corrected chi connectivity index (χ4v) is 2.78. The quantitative estimate of drug-likeness (QED) is 0.860. The number of benzene rings is 1. The van der Waals surface area contributed by atoms with Crippen LogP contribution in [0.1, 0.15) is 52.0 Å². The van der Waals surface area contributed by atoms with E-state index >= 15 is 0 Å². The third-order valence-electron chi connectivity index (χ3n) is 4.14. The maximum atomic E-state index is 5.54. The molecule has 1 aromatic rings. The van der Waals surface area contributed by atoms with Crippen LogP contribution in [0.25, 0.3) is 0 Å². The molecule has 1 aliphatic carbocycles. The highest BCUT2D eigenvalue weighted by Gasteiger charge is 2.26. The Morgan fingerprint density at radius 2 is 2.00 bits per heavy atom. The molecule has 1 aromatic carbocycles. The smallest absolute Gasteiger partial charge is 0.119 e. The van der Waals surface area contributed by atoms with Crippen LogP contribution in [0.2, 0.25) is 0 Å². The molecule has 1 N–H and O–H groups in total. The minimum Gasteiger partial charge on any atom is -0.494 e. The predicted molar refractivity (Wildman–Crippen MR) is 80.5 cm³/mol. The molecule has 0 unspecified atom stereocenters. The molecule has 0 amide bonds. The van der Waals surface area contributed by atoms with Gasteiger partial charge in [-0.05, 0) is 55.7 Å². The van der Waals surface area contributed by atoms with Crippen molar-refractivity contribution in [1.82, 2.24) is 5.32 Å². The lowest BCUT2D eigenvalue weighted by Crippen LogP contribution is -2.35. The van der Waals surface area contributed by atoms with E-state index in [0.29, 0.717) is 11.5 Å². The molecule has 2 rings (SSSR count). The highest BCUT2D eigenvalue weighted by molar-refractivity contribution is 5.28. The zero-order chi connectivity index (χ0) is 13.7. The van der Waals surface area contributed by atoms with Crippen LogP contribution in [0.4, 0.5) is 0 Å². The van der Waals surface area contributed by atoms with Gasteiger partial charge in [0.05, 0.1) is 6.61 Å². The molecule has 106 valence electrons. The monoisotopic (exact) mass is 261 g/mol. The van der Waals surface area contributed by atoms with Gasteiger partial charge in [-0.15, -0.1) is 0 Å². The van der Waals surface area contributed by atoms with Crippen molar-refractivity contribution in [3.8, 4) is 5.75 Å². The maximum Gasteiger partial charge on any atom is 0.119 e. The van der Waals surface area contributed by atoms with Gasteiger partial charge in [0, 0.05) is 12.6 Å². The van der Waals surface area contributed by atoms with E-state index in [-0.39, 0.29) is 0 Å². The Morgan fingerprint density at radius 3 is 2.68 bits per heavy atom. The molecule has 19 heavy (non-hydrogen) atoms. The lowest BCUT2D eigenvalue weighted by molar-refractivity contribution is 0.206. The molecule has 0 aromatic heterocycles. The summed E-state index contributed by atoms with van der Waals surface area (Å²) in [5.41, 5.74) is 1.86. The fraction of sp³-hybridized carbons (Fsp3) is 0.647. The van der Waals surface area contributed by atoms with Gasteiger partial charge in [0.2, 0.25) is 0 Å². The first-order chi connectivity index (χ1) is 9.09. The third kappa shape index (κ3) is 4.54. The van der Waals surface area contributed by atoms with Gasteiger partial charge in [-0.25, -0.2) is 0 Å². The van der Waals surface area contributed by atoms with Crippen molar-refractivity contribution < 1.29 is 4.74 Å². The van der Waals surface area contributed by atoms with Crippen LogP contribution in [0.3, 0.4) is 0 Å². The van der Waals surface area contributed by atoms with Crippen molar-refractivity contribution in [1.29, 1.82) is 0 Å². The fourth-order valence-electron chi connectivity index (χ4n) is 2.78. The summed E-state index contributed by atoms with van der Waals surface area (Å²) in [5.74, 6) is 0.978. The van der Waals surface area contributed by atoms with Crippen molar-refractivity contribution in [2.24, 2.45) is 5.41 Å². The molecule has 0 spiro atoms. The van der Waals surface area contributed by atoms with E-state index in [1.165, 1.54) is 31.2 Å². The van der Waals surface area contributed by atoms with Gasteiger partial charge < -0.3 is 10.1 Å². The van der Waals surface area contributed by atoms with Crippen molar-refractivity contribution in [2.75, 3.05) is 6.61 Å². The van der Waals surface area contributed by atoms with E-state index in [0.717, 1.165) is 18.9 Å². The number of rotatable bonds is 5. The van der Waals surface area contributed by atoms with Crippen LogP contribution in [0, 0.1) is 5.41 Å². The Morgan fingerprint density at radius 1 is 1.26 bits per heavy atom. The molecule has 0 atom stereocenters. The molecule has 1 fully saturated rings. The average molecular weight is 261 g/mol. The average Bonchev–Trinajstić information content (AvgIpc) is 2.38. The molecule has 0 radical (unpaired) electrons. The number of ether oxygens (including phenoxy) is 1. The molecule has 1 saturated carbocycles. The number of hydrogen-bond donors (Lipinski definition) is 1. The van der Waals surface area contributed by atoms with Crippen molar-refractivity contribution >= 4 is 0 Å². The zero-order valence-electron chi connectivity index (χ0n) is 12.5. The minimum absolute atomic E-state index is 0.549. The normalized spacial score (nSPS) is 19.3. The highest BCUT2D eigenvalue weighted by Crippen LogP contribution is 2.35. The Balaban J connectivity index is 1.81. The summed E-state index contributed by atoms with van der Waals surface area (Å²) in [6.07, 6.45) is 5.28. The standard InChI is InChI=1S/C17H27NO/c1-4-19-16-7-5-6-14(12-16)13-18-15-8-10-17(2,3)11-9-15/h5-7,12,15,18H,4,8-11,13H2,1-3H3. The molecule has 0 heterocycles. The second-order valence-electron chi connectivity index (χ2n) is 6.40. The zero-order valence-corrected chi connectivity index (χ0v) is 12.5. The minimum atomic E-state index is 0.549. The topological polar surface area (TPSA) is 21.3 Å². The van der Waals surface area contributed by atoms with Crippen molar-refractivity contribution in [3.05, 3.63) is 29.8 Å².